The van der Waals surface area contributed by atoms with Gasteiger partial charge in [-0.3, -0.25) is 19.8 Å². The highest BCUT2D eigenvalue weighted by atomic mass is 19.1. The van der Waals surface area contributed by atoms with Crippen LogP contribution in [0.4, 0.5) is 9.18 Å². The maximum absolute atomic E-state index is 13.0. The van der Waals surface area contributed by atoms with Crippen LogP contribution in [0.15, 0.2) is 48.0 Å². The Balaban J connectivity index is 1.90. The van der Waals surface area contributed by atoms with Crippen molar-refractivity contribution in [2.45, 2.75) is 13.5 Å². The SMILES string of the molecule is CCOc1cc(/C=C2/C(=O)NC(=O)N(Cc3ccc(F)cc3)C2=O)ccc1O. The number of phenolic OH excluding ortho intramolecular Hbond substituents is 1. The van der Waals surface area contributed by atoms with Gasteiger partial charge in [0.25, 0.3) is 11.8 Å². The summed E-state index contributed by atoms with van der Waals surface area (Å²) >= 11 is 0. The van der Waals surface area contributed by atoms with Crippen LogP contribution in [0.5, 0.6) is 11.5 Å². The fourth-order valence-corrected chi connectivity index (χ4v) is 2.67. The normalized spacial score (nSPS) is 15.7. The Labute approximate surface area is 160 Å². The smallest absolute Gasteiger partial charge is 0.331 e. The van der Waals surface area contributed by atoms with Crippen LogP contribution >= 0.6 is 0 Å². The number of nitrogens with one attached hydrogen (secondary N) is 1. The quantitative estimate of drug-likeness (QED) is 0.610. The highest BCUT2D eigenvalue weighted by molar-refractivity contribution is 6.30. The van der Waals surface area contributed by atoms with Gasteiger partial charge in [-0.15, -0.1) is 0 Å². The molecule has 2 aromatic carbocycles. The van der Waals surface area contributed by atoms with Gasteiger partial charge in [0.1, 0.15) is 11.4 Å². The van der Waals surface area contributed by atoms with Crippen molar-refractivity contribution in [2.24, 2.45) is 0 Å². The van der Waals surface area contributed by atoms with Crippen LogP contribution in [0.3, 0.4) is 0 Å². The molecule has 2 N–H and O–H groups in total. The van der Waals surface area contributed by atoms with Gasteiger partial charge in [-0.1, -0.05) is 18.2 Å². The van der Waals surface area contributed by atoms with Gasteiger partial charge in [-0.25, -0.2) is 9.18 Å². The Kier molecular flexibility index (Phi) is 5.39. The molecule has 7 nitrogen and oxygen atoms in total. The van der Waals surface area contributed by atoms with E-state index in [1.807, 2.05) is 0 Å². The Morgan fingerprint density at radius 3 is 2.54 bits per heavy atom. The zero-order valence-electron chi connectivity index (χ0n) is 14.9. The molecule has 0 aliphatic carbocycles. The summed E-state index contributed by atoms with van der Waals surface area (Å²) in [5.74, 6) is -1.90. The second-order valence-corrected chi connectivity index (χ2v) is 6.00. The number of ether oxygens (including phenoxy) is 1. The molecule has 0 spiro atoms. The standard InChI is InChI=1S/C20H17FN2O5/c1-2-28-17-10-13(5-8-16(17)24)9-15-18(25)22-20(27)23(19(15)26)11-12-3-6-14(21)7-4-12/h3-10,24H,2,11H2,1H3,(H,22,25,27)/b15-9-. The third-order valence-electron chi connectivity index (χ3n) is 4.03. The number of amides is 4. The summed E-state index contributed by atoms with van der Waals surface area (Å²) < 4.78 is 18.3. The molecule has 0 bridgehead atoms. The van der Waals surface area contributed by atoms with Crippen LogP contribution in [-0.4, -0.2) is 34.5 Å². The molecule has 0 unspecified atom stereocenters. The molecule has 1 aliphatic heterocycles. The number of aromatic hydroxyl groups is 1. The first-order valence-electron chi connectivity index (χ1n) is 8.48. The van der Waals surface area contributed by atoms with Crippen molar-refractivity contribution < 1.29 is 28.6 Å². The van der Waals surface area contributed by atoms with E-state index in [-0.39, 0.29) is 23.6 Å². The lowest BCUT2D eigenvalue weighted by Crippen LogP contribution is -2.53. The fraction of sp³-hybridized carbons (Fsp3) is 0.150. The number of carbonyl (C=O) groups is 3. The number of barbiturate groups is 1. The highest BCUT2D eigenvalue weighted by Gasteiger charge is 2.35. The van der Waals surface area contributed by atoms with Crippen molar-refractivity contribution in [3.8, 4) is 11.5 Å². The number of hydrogen-bond acceptors (Lipinski definition) is 5. The predicted octanol–water partition coefficient (Wildman–Crippen LogP) is 2.59. The Hall–Kier alpha value is -3.68. The molecular weight excluding hydrogens is 367 g/mol. The minimum atomic E-state index is -0.850. The summed E-state index contributed by atoms with van der Waals surface area (Å²) in [5.41, 5.74) is 0.729. The number of rotatable bonds is 5. The molecule has 28 heavy (non-hydrogen) atoms. The minimum absolute atomic E-state index is 0.0727. The molecule has 8 heteroatoms. The maximum Gasteiger partial charge on any atom is 0.331 e. The molecule has 4 amide bonds. The van der Waals surface area contributed by atoms with E-state index < -0.39 is 23.7 Å². The van der Waals surface area contributed by atoms with Crippen LogP contribution in [0.25, 0.3) is 6.08 Å². The molecule has 0 radical (unpaired) electrons. The molecule has 3 rings (SSSR count). The summed E-state index contributed by atoms with van der Waals surface area (Å²) in [7, 11) is 0. The minimum Gasteiger partial charge on any atom is -0.504 e. The van der Waals surface area contributed by atoms with Crippen molar-refractivity contribution in [1.82, 2.24) is 10.2 Å². The van der Waals surface area contributed by atoms with Crippen molar-refractivity contribution in [3.63, 3.8) is 0 Å². The van der Waals surface area contributed by atoms with Crippen molar-refractivity contribution in [2.75, 3.05) is 6.61 Å². The molecular formula is C20H17FN2O5. The van der Waals surface area contributed by atoms with Gasteiger partial charge in [0.15, 0.2) is 11.5 Å². The van der Waals surface area contributed by atoms with Gasteiger partial charge in [-0.05, 0) is 48.4 Å². The molecule has 1 fully saturated rings. The third-order valence-corrected chi connectivity index (χ3v) is 4.03. The van der Waals surface area contributed by atoms with Gasteiger partial charge >= 0.3 is 6.03 Å². The van der Waals surface area contributed by atoms with Crippen LogP contribution in [0.2, 0.25) is 0 Å². The average Bonchev–Trinajstić information content (AvgIpc) is 2.66. The first-order chi connectivity index (χ1) is 13.4. The lowest BCUT2D eigenvalue weighted by Gasteiger charge is -2.26. The number of nitrogens with zero attached hydrogens (tertiary/aromatic N) is 1. The van der Waals surface area contributed by atoms with Crippen LogP contribution < -0.4 is 10.1 Å². The van der Waals surface area contributed by atoms with E-state index in [4.69, 9.17) is 4.74 Å². The molecule has 0 saturated carbocycles. The molecule has 2 aromatic rings. The first-order valence-corrected chi connectivity index (χ1v) is 8.48. The van der Waals surface area contributed by atoms with Gasteiger partial charge in [-0.2, -0.15) is 0 Å². The summed E-state index contributed by atoms with van der Waals surface area (Å²) in [6, 6.07) is 8.85. The monoisotopic (exact) mass is 384 g/mol. The van der Waals surface area contributed by atoms with E-state index in [2.05, 4.69) is 5.32 Å². The fourth-order valence-electron chi connectivity index (χ4n) is 2.67. The maximum atomic E-state index is 13.0. The van der Waals surface area contributed by atoms with Crippen LogP contribution in [0, 0.1) is 5.82 Å². The zero-order chi connectivity index (χ0) is 20.3. The Morgan fingerprint density at radius 1 is 1.14 bits per heavy atom. The summed E-state index contributed by atoms with van der Waals surface area (Å²) in [4.78, 5) is 37.8. The average molecular weight is 384 g/mol. The number of benzene rings is 2. The summed E-state index contributed by atoms with van der Waals surface area (Å²) in [6.07, 6.45) is 1.31. The van der Waals surface area contributed by atoms with E-state index >= 15 is 0 Å². The van der Waals surface area contributed by atoms with Crippen LogP contribution in [0.1, 0.15) is 18.1 Å². The zero-order valence-corrected chi connectivity index (χ0v) is 14.9. The molecule has 1 heterocycles. The van der Waals surface area contributed by atoms with Crippen LogP contribution in [-0.2, 0) is 16.1 Å². The molecule has 0 atom stereocenters. The second kappa shape index (κ2) is 7.91. The topological polar surface area (TPSA) is 95.9 Å². The van der Waals surface area contributed by atoms with E-state index in [1.165, 1.54) is 48.5 Å². The number of phenols is 1. The first kappa shape index (κ1) is 19.1. The molecule has 144 valence electrons. The number of imide groups is 2. The van der Waals surface area contributed by atoms with E-state index in [0.29, 0.717) is 17.7 Å². The molecule has 1 aliphatic rings. The van der Waals surface area contributed by atoms with Gasteiger partial charge in [0, 0.05) is 0 Å². The number of hydrogen-bond donors (Lipinski definition) is 2. The van der Waals surface area contributed by atoms with E-state index in [1.54, 1.807) is 6.92 Å². The number of urea groups is 1. The summed E-state index contributed by atoms with van der Waals surface area (Å²) in [5, 5.41) is 11.9. The highest BCUT2D eigenvalue weighted by Crippen LogP contribution is 2.28. The van der Waals surface area contributed by atoms with Crippen molar-refractivity contribution >= 4 is 23.9 Å². The molecule has 1 saturated heterocycles. The largest absolute Gasteiger partial charge is 0.504 e. The predicted molar refractivity (Wildman–Crippen MR) is 97.7 cm³/mol. The second-order valence-electron chi connectivity index (χ2n) is 6.00. The molecule has 0 aromatic heterocycles. The van der Waals surface area contributed by atoms with Gasteiger partial charge in [0.2, 0.25) is 0 Å². The lowest BCUT2D eigenvalue weighted by molar-refractivity contribution is -0.130. The Bertz CT molecular complexity index is 969. The summed E-state index contributed by atoms with van der Waals surface area (Å²) in [6.45, 7) is 1.96. The number of carbonyl (C=O) groups excluding carboxylic acids is 3. The van der Waals surface area contributed by atoms with E-state index in [9.17, 15) is 23.9 Å². The Morgan fingerprint density at radius 2 is 1.86 bits per heavy atom. The van der Waals surface area contributed by atoms with Gasteiger partial charge in [0.05, 0.1) is 13.2 Å². The van der Waals surface area contributed by atoms with Crippen molar-refractivity contribution in [3.05, 3.63) is 65.0 Å². The van der Waals surface area contributed by atoms with E-state index in [0.717, 1.165) is 4.90 Å². The van der Waals surface area contributed by atoms with Crippen molar-refractivity contribution in [1.29, 1.82) is 0 Å². The third kappa shape index (κ3) is 4.01. The van der Waals surface area contributed by atoms with Gasteiger partial charge < -0.3 is 9.84 Å². The number of halogens is 1. The lowest BCUT2D eigenvalue weighted by atomic mass is 10.1.